The highest BCUT2D eigenvalue weighted by Gasteiger charge is 2.45. The second-order valence-corrected chi connectivity index (χ2v) is 29.1. The molecule has 0 saturated heterocycles. The van der Waals surface area contributed by atoms with Gasteiger partial charge in [0.05, 0.1) is 40.9 Å². The van der Waals surface area contributed by atoms with Crippen LogP contribution in [0.25, 0.3) is 0 Å². The summed E-state index contributed by atoms with van der Waals surface area (Å²) in [5.41, 5.74) is 5.77. The Morgan fingerprint density at radius 2 is 1.31 bits per heavy atom. The van der Waals surface area contributed by atoms with Gasteiger partial charge in [-0.3, -0.25) is 32.8 Å². The number of nitrogens with zero attached hydrogens (tertiary/aromatic N) is 2. The van der Waals surface area contributed by atoms with Crippen molar-refractivity contribution in [3.8, 4) is 5.75 Å². The summed E-state index contributed by atoms with van der Waals surface area (Å²) in [7, 11) is -13.0. The van der Waals surface area contributed by atoms with Crippen LogP contribution >= 0.6 is 0 Å². The Kier molecular flexibility index (Phi) is 29.8. The molecule has 6 rings (SSSR count). The number of aliphatic carboxylic acids is 2. The van der Waals surface area contributed by atoms with E-state index in [1.807, 2.05) is 77.7 Å². The lowest BCUT2D eigenvalue weighted by Gasteiger charge is -2.31. The fraction of sp³-hybridized carbons (Fsp3) is 0.507. The molecule has 97 heavy (non-hydrogen) atoms. The van der Waals surface area contributed by atoms with Gasteiger partial charge in [0.15, 0.2) is 18.3 Å². The molecule has 0 radical (unpaired) electrons. The lowest BCUT2D eigenvalue weighted by molar-refractivity contribution is -0.437. The van der Waals surface area contributed by atoms with Gasteiger partial charge in [-0.15, -0.1) is 0 Å². The van der Waals surface area contributed by atoms with Crippen LogP contribution in [-0.4, -0.2) is 172 Å². The molecule has 3 amide bonds. The van der Waals surface area contributed by atoms with E-state index in [0.29, 0.717) is 63.7 Å². The fourth-order valence-electron chi connectivity index (χ4n) is 11.9. The summed E-state index contributed by atoms with van der Waals surface area (Å²) in [6.45, 7) is 7.99. The number of anilines is 1. The van der Waals surface area contributed by atoms with Crippen LogP contribution in [0, 0.1) is 0 Å². The first-order valence-corrected chi connectivity index (χ1v) is 36.8. The molecule has 1 unspecified atom stereocenters. The lowest BCUT2D eigenvalue weighted by Crippen LogP contribution is -2.50. The monoisotopic (exact) mass is 1410 g/mol. The van der Waals surface area contributed by atoms with Crippen molar-refractivity contribution in [2.24, 2.45) is 0 Å². The van der Waals surface area contributed by atoms with E-state index in [1.54, 1.807) is 0 Å². The van der Waals surface area contributed by atoms with Gasteiger partial charge in [0.25, 0.3) is 30.4 Å². The quantitative estimate of drug-likeness (QED) is 0.0114. The third-order valence-electron chi connectivity index (χ3n) is 16.9. The van der Waals surface area contributed by atoms with Crippen molar-refractivity contribution < 1.29 is 106 Å². The highest BCUT2D eigenvalue weighted by Crippen LogP contribution is 2.51. The Morgan fingerprint density at radius 3 is 1.98 bits per heavy atom. The Balaban J connectivity index is 1.03. The molecule has 0 spiro atoms. The summed E-state index contributed by atoms with van der Waals surface area (Å²) >= 11 is 0. The Morgan fingerprint density at radius 1 is 0.670 bits per heavy atom. The predicted octanol–water partition coefficient (Wildman–Crippen LogP) is 8.24. The van der Waals surface area contributed by atoms with Crippen LogP contribution in [0.3, 0.4) is 0 Å². The summed E-state index contributed by atoms with van der Waals surface area (Å²) in [4.78, 5) is 74.0. The molecule has 3 aliphatic rings. The minimum absolute atomic E-state index is 0.0180. The number of rotatable bonds is 43. The summed E-state index contributed by atoms with van der Waals surface area (Å²) in [5, 5.41) is 25.7. The maximum atomic E-state index is 13.4. The standard InChI is InChI=1S/C67H89N5O22S3/c1-47(73)55(31-34-62(76)77)69-65(80)70-56(64(78)79)22-9-10-37-68-61(75)35-41-91-45-93-46-92-44-90-40-13-19-50(74)18-12-36-67(4)54-21-6-8-24-58(54)72(39-15-43-96(84,85)86)60(67)33-26-49-17-11-16-48(63(49)94-51-27-29-52(30-28-51)97(87,88)89)25-32-59-66(2,3)53-20-5-7-23-57(53)71(59)38-14-42-95(81,82)83/h5-8,20-21,23-30,32-33,55-56H,9-19,22,31,34-46H2,1-4H3,(H7-,68,69,70,75,76,77,78,79,80,81,82,83,84,85,86,87,88,89)/p+1/t55-,56-,67?/m0/s1. The Hall–Kier alpha value is -7.52. The van der Waals surface area contributed by atoms with Gasteiger partial charge in [0, 0.05) is 79.9 Å². The number of carbonyl (C=O) groups excluding carboxylic acids is 4. The first kappa shape index (κ1) is 78.5. The van der Waals surface area contributed by atoms with Crippen LogP contribution in [0.5, 0.6) is 5.75 Å². The van der Waals surface area contributed by atoms with E-state index in [0.717, 1.165) is 45.1 Å². The number of para-hydroxylation sites is 2. The molecule has 0 aromatic heterocycles. The number of benzene rings is 3. The molecule has 8 N–H and O–H groups in total. The summed E-state index contributed by atoms with van der Waals surface area (Å²) in [6, 6.07) is 17.7. The van der Waals surface area contributed by atoms with E-state index in [4.69, 9.17) is 28.8 Å². The van der Waals surface area contributed by atoms with Crippen LogP contribution in [-0.2, 0) is 84.1 Å². The molecular weight excluding hydrogens is 1320 g/mol. The number of nitrogens with one attached hydrogen (secondary N) is 3. The number of amides is 3. The van der Waals surface area contributed by atoms with Crippen LogP contribution < -0.4 is 25.6 Å². The van der Waals surface area contributed by atoms with E-state index in [-0.39, 0.29) is 120 Å². The van der Waals surface area contributed by atoms with Gasteiger partial charge in [-0.05, 0) is 158 Å². The summed E-state index contributed by atoms with van der Waals surface area (Å²) in [6.07, 6.45) is 12.2. The van der Waals surface area contributed by atoms with Crippen molar-refractivity contribution in [3.05, 3.63) is 131 Å². The second-order valence-electron chi connectivity index (χ2n) is 24.6. The van der Waals surface area contributed by atoms with Gasteiger partial charge in [0.1, 0.15) is 43.5 Å². The average Bonchev–Trinajstić information content (AvgIpc) is 1.60. The van der Waals surface area contributed by atoms with Crippen molar-refractivity contribution in [2.75, 3.05) is 69.6 Å². The fourth-order valence-corrected chi connectivity index (χ4v) is 13.4. The molecule has 3 atom stereocenters. The lowest BCUT2D eigenvalue weighted by atomic mass is 9.76. The van der Waals surface area contributed by atoms with Gasteiger partial charge in [-0.2, -0.15) is 29.8 Å². The van der Waals surface area contributed by atoms with E-state index in [2.05, 4.69) is 41.3 Å². The number of urea groups is 1. The zero-order valence-electron chi connectivity index (χ0n) is 55.1. The number of allylic oxidation sites excluding steroid dienone is 7. The van der Waals surface area contributed by atoms with E-state index >= 15 is 0 Å². The van der Waals surface area contributed by atoms with Gasteiger partial charge in [0.2, 0.25) is 11.6 Å². The molecule has 3 aromatic carbocycles. The first-order valence-electron chi connectivity index (χ1n) is 32.1. The number of ether oxygens (including phenoxy) is 5. The molecule has 3 aromatic rings. The summed E-state index contributed by atoms with van der Waals surface area (Å²) < 4.78 is 131. The van der Waals surface area contributed by atoms with Crippen LogP contribution in [0.2, 0.25) is 0 Å². The molecule has 532 valence electrons. The number of ketones is 2. The number of carbonyl (C=O) groups is 6. The number of hydrogen-bond acceptors (Lipinski definition) is 18. The number of hydrogen-bond donors (Lipinski definition) is 8. The first-order chi connectivity index (χ1) is 45.9. The van der Waals surface area contributed by atoms with Crippen molar-refractivity contribution in [1.29, 1.82) is 0 Å². The molecular formula is C67H90N5O22S3+. The van der Waals surface area contributed by atoms with E-state index in [1.165, 1.54) is 31.2 Å². The number of carboxylic acids is 2. The van der Waals surface area contributed by atoms with Crippen LogP contribution in [0.4, 0.5) is 16.2 Å². The minimum Gasteiger partial charge on any atom is -0.481 e. The second kappa shape index (κ2) is 36.9. The maximum Gasteiger partial charge on any atom is 0.326 e. The van der Waals surface area contributed by atoms with E-state index in [9.17, 15) is 72.8 Å². The Bertz CT molecular complexity index is 3790. The minimum atomic E-state index is -4.52. The molecule has 1 aliphatic carbocycles. The SMILES string of the molecule is CC(=O)[C@H](CCC(=O)O)NC(=O)N[C@@H](CCCCNC(=O)CCOCOCOCOCCCC(=O)CCCC1(C)/C(=C\C=C2/CCCC(/C=C/C3=[N+](CCCS(=O)(=O)O)c4ccccc4C3(C)C)=C2Oc2ccc(S(=O)(=O)O)cc2)N(CCCS(=O)(=O)O)c2ccccc21)C(=O)O. The highest BCUT2D eigenvalue weighted by atomic mass is 32.2. The highest BCUT2D eigenvalue weighted by molar-refractivity contribution is 7.86. The van der Waals surface area contributed by atoms with Crippen molar-refractivity contribution in [2.45, 2.75) is 158 Å². The summed E-state index contributed by atoms with van der Waals surface area (Å²) in [5.74, 6) is -3.34. The average molecular weight is 1410 g/mol. The Labute approximate surface area is 566 Å². The number of unbranched alkanes of at least 4 members (excludes halogenated alkanes) is 1. The maximum absolute atomic E-state index is 13.4. The predicted molar refractivity (Wildman–Crippen MR) is 358 cm³/mol. The van der Waals surface area contributed by atoms with Crippen LogP contribution in [0.1, 0.15) is 142 Å². The molecule has 0 saturated carbocycles. The zero-order valence-corrected chi connectivity index (χ0v) is 57.5. The van der Waals surface area contributed by atoms with Crippen molar-refractivity contribution in [3.63, 3.8) is 0 Å². The van der Waals surface area contributed by atoms with Crippen LogP contribution in [0.15, 0.2) is 125 Å². The van der Waals surface area contributed by atoms with Gasteiger partial charge in [-0.25, -0.2) is 9.59 Å². The topological polar surface area (TPSA) is 394 Å². The van der Waals surface area contributed by atoms with Crippen molar-refractivity contribution in [1.82, 2.24) is 16.0 Å². The molecule has 2 heterocycles. The zero-order chi connectivity index (χ0) is 71.0. The molecule has 0 fully saturated rings. The molecule has 2 aliphatic heterocycles. The van der Waals surface area contributed by atoms with Crippen molar-refractivity contribution >= 4 is 82.9 Å². The van der Waals surface area contributed by atoms with E-state index < -0.39 is 88.5 Å². The number of carboxylic acid groups (broad SMARTS) is 2. The smallest absolute Gasteiger partial charge is 0.326 e. The van der Waals surface area contributed by atoms with Gasteiger partial charge < -0.3 is 54.7 Å². The largest absolute Gasteiger partial charge is 0.481 e. The third kappa shape index (κ3) is 24.8. The molecule has 27 nitrogen and oxygen atoms in total. The van der Waals surface area contributed by atoms with Gasteiger partial charge in [-0.1, -0.05) is 42.5 Å². The molecule has 0 bridgehead atoms. The third-order valence-corrected chi connectivity index (χ3v) is 19.3. The number of fused-ring (bicyclic) bond motifs is 2. The van der Waals surface area contributed by atoms with Gasteiger partial charge >= 0.3 is 18.0 Å². The number of Topliss-reactive ketones (excluding diaryl/α,β-unsaturated/α-hetero) is 2. The molecule has 30 heteroatoms. The normalized spacial score (nSPS) is 17.7.